The molecule has 0 rings (SSSR count). The average Bonchev–Trinajstić information content (AvgIpc) is 2.04. The smallest absolute Gasteiger partial charge is 0.322 e. The Morgan fingerprint density at radius 1 is 1.50 bits per heavy atom. The molecule has 0 radical (unpaired) electrons. The highest BCUT2D eigenvalue weighted by molar-refractivity contribution is 5.73. The van der Waals surface area contributed by atoms with Crippen molar-refractivity contribution in [1.29, 1.82) is 0 Å². The van der Waals surface area contributed by atoms with Gasteiger partial charge in [-0.2, -0.15) is 0 Å². The number of hydrogen-bond acceptors (Lipinski definition) is 4. The Balaban J connectivity index is 3.38. The maximum atomic E-state index is 10.4. The molecule has 5 nitrogen and oxygen atoms in total. The van der Waals surface area contributed by atoms with Gasteiger partial charge in [0.1, 0.15) is 6.04 Å². The normalized spacial score (nSPS) is 12.8. The Morgan fingerprint density at radius 2 is 2.17 bits per heavy atom. The summed E-state index contributed by atoms with van der Waals surface area (Å²) in [5.41, 5.74) is 5.20. The molecule has 0 aromatic rings. The van der Waals surface area contributed by atoms with E-state index in [1.165, 1.54) is 0 Å². The van der Waals surface area contributed by atoms with E-state index in [-0.39, 0.29) is 13.2 Å². The lowest BCUT2D eigenvalue weighted by molar-refractivity contribution is -0.139. The first-order valence-electron chi connectivity index (χ1n) is 3.99. The topological polar surface area (TPSA) is 95.6 Å². The minimum atomic E-state index is -0.929. The molecule has 1 atom stereocenters. The van der Waals surface area contributed by atoms with Gasteiger partial charge in [0.2, 0.25) is 0 Å². The molecule has 5 heteroatoms. The van der Waals surface area contributed by atoms with Crippen LogP contribution >= 0.6 is 0 Å². The van der Waals surface area contributed by atoms with Crippen LogP contribution in [0.25, 0.3) is 0 Å². The predicted molar refractivity (Wildman–Crippen MR) is 44.8 cm³/mol. The van der Waals surface area contributed by atoms with Gasteiger partial charge < -0.3 is 21.3 Å². The SMILES string of the molecule is NCC(NCCCCO)C(=O)O. The van der Waals surface area contributed by atoms with Gasteiger partial charge in [0.25, 0.3) is 0 Å². The van der Waals surface area contributed by atoms with Crippen molar-refractivity contribution in [2.45, 2.75) is 18.9 Å². The molecule has 0 saturated heterocycles. The fraction of sp³-hybridized carbons (Fsp3) is 0.857. The Morgan fingerprint density at radius 3 is 2.58 bits per heavy atom. The van der Waals surface area contributed by atoms with Crippen molar-refractivity contribution in [1.82, 2.24) is 5.32 Å². The lowest BCUT2D eigenvalue weighted by Crippen LogP contribution is -2.43. The van der Waals surface area contributed by atoms with Crippen LogP contribution < -0.4 is 11.1 Å². The van der Waals surface area contributed by atoms with Crippen molar-refractivity contribution in [3.8, 4) is 0 Å². The van der Waals surface area contributed by atoms with Crippen LogP contribution in [0.2, 0.25) is 0 Å². The Kier molecular flexibility index (Phi) is 6.64. The van der Waals surface area contributed by atoms with Crippen molar-refractivity contribution < 1.29 is 15.0 Å². The summed E-state index contributed by atoms with van der Waals surface area (Å²) in [6.07, 6.45) is 1.45. The molecule has 0 bridgehead atoms. The molecule has 0 aromatic carbocycles. The summed E-state index contributed by atoms with van der Waals surface area (Å²) in [5.74, 6) is -0.929. The van der Waals surface area contributed by atoms with E-state index in [1.807, 2.05) is 0 Å². The van der Waals surface area contributed by atoms with Crippen molar-refractivity contribution in [3.63, 3.8) is 0 Å². The van der Waals surface area contributed by atoms with Crippen LogP contribution in [0.15, 0.2) is 0 Å². The number of nitrogens with two attached hydrogens (primary N) is 1. The Labute approximate surface area is 71.6 Å². The largest absolute Gasteiger partial charge is 0.480 e. The number of carboxylic acids is 1. The quantitative estimate of drug-likeness (QED) is 0.364. The summed E-state index contributed by atoms with van der Waals surface area (Å²) < 4.78 is 0. The van der Waals surface area contributed by atoms with Crippen LogP contribution in [0.1, 0.15) is 12.8 Å². The molecule has 0 aliphatic rings. The molecule has 0 spiro atoms. The number of carboxylic acid groups (broad SMARTS) is 1. The maximum absolute atomic E-state index is 10.4. The van der Waals surface area contributed by atoms with Crippen LogP contribution in [0.4, 0.5) is 0 Å². The minimum absolute atomic E-state index is 0.0917. The summed E-state index contributed by atoms with van der Waals surface area (Å²) in [6, 6.07) is -0.663. The van der Waals surface area contributed by atoms with Crippen LogP contribution in [0, 0.1) is 0 Å². The van der Waals surface area contributed by atoms with Gasteiger partial charge in [-0.25, -0.2) is 0 Å². The second kappa shape index (κ2) is 7.02. The van der Waals surface area contributed by atoms with Gasteiger partial charge in [-0.1, -0.05) is 0 Å². The number of aliphatic hydroxyl groups excluding tert-OH is 1. The first-order valence-corrected chi connectivity index (χ1v) is 3.99. The zero-order valence-electron chi connectivity index (χ0n) is 6.99. The number of hydrogen-bond donors (Lipinski definition) is 4. The van der Waals surface area contributed by atoms with E-state index in [1.54, 1.807) is 0 Å². The average molecular weight is 176 g/mol. The highest BCUT2D eigenvalue weighted by Crippen LogP contribution is 1.86. The molecule has 0 saturated carbocycles. The molecule has 0 heterocycles. The molecule has 0 amide bonds. The summed E-state index contributed by atoms with van der Waals surface area (Å²) in [6.45, 7) is 0.811. The van der Waals surface area contributed by atoms with E-state index in [2.05, 4.69) is 5.32 Å². The van der Waals surface area contributed by atoms with Gasteiger partial charge in [-0.05, 0) is 19.4 Å². The molecule has 0 aliphatic heterocycles. The second-order valence-corrected chi connectivity index (χ2v) is 2.51. The first kappa shape index (κ1) is 11.4. The van der Waals surface area contributed by atoms with Crippen LogP contribution in [0.5, 0.6) is 0 Å². The van der Waals surface area contributed by atoms with Crippen molar-refractivity contribution >= 4 is 5.97 Å². The van der Waals surface area contributed by atoms with E-state index in [9.17, 15) is 4.79 Å². The number of aliphatic hydroxyl groups is 1. The number of carbonyl (C=O) groups is 1. The zero-order chi connectivity index (χ0) is 9.40. The lowest BCUT2D eigenvalue weighted by atomic mass is 10.2. The number of rotatable bonds is 7. The Hall–Kier alpha value is -0.650. The van der Waals surface area contributed by atoms with Gasteiger partial charge in [0.15, 0.2) is 0 Å². The van der Waals surface area contributed by atoms with Crippen molar-refractivity contribution in [2.24, 2.45) is 5.73 Å². The summed E-state index contributed by atoms with van der Waals surface area (Å²) in [5, 5.41) is 19.7. The molecule has 1 unspecified atom stereocenters. The van der Waals surface area contributed by atoms with E-state index in [0.717, 1.165) is 6.42 Å². The van der Waals surface area contributed by atoms with Crippen LogP contribution in [0.3, 0.4) is 0 Å². The summed E-state index contributed by atoms with van der Waals surface area (Å²) >= 11 is 0. The molecule has 72 valence electrons. The standard InChI is InChI=1S/C7H16N2O3/c8-5-6(7(11)12)9-3-1-2-4-10/h6,9-10H,1-5,8H2,(H,11,12). The van der Waals surface area contributed by atoms with Gasteiger partial charge in [0, 0.05) is 13.2 Å². The van der Waals surface area contributed by atoms with E-state index in [4.69, 9.17) is 15.9 Å². The highest BCUT2D eigenvalue weighted by atomic mass is 16.4. The fourth-order valence-corrected chi connectivity index (χ4v) is 0.785. The first-order chi connectivity index (χ1) is 5.72. The van der Waals surface area contributed by atoms with Crippen molar-refractivity contribution in [2.75, 3.05) is 19.7 Å². The van der Waals surface area contributed by atoms with Gasteiger partial charge >= 0.3 is 5.97 Å². The highest BCUT2D eigenvalue weighted by Gasteiger charge is 2.12. The van der Waals surface area contributed by atoms with Crippen molar-refractivity contribution in [3.05, 3.63) is 0 Å². The molecule has 12 heavy (non-hydrogen) atoms. The summed E-state index contributed by atoms with van der Waals surface area (Å²) in [4.78, 5) is 10.4. The third-order valence-corrected chi connectivity index (χ3v) is 1.51. The fourth-order valence-electron chi connectivity index (χ4n) is 0.785. The molecular formula is C7H16N2O3. The van der Waals surface area contributed by atoms with E-state index < -0.39 is 12.0 Å². The monoisotopic (exact) mass is 176 g/mol. The molecule has 0 fully saturated rings. The summed E-state index contributed by atoms with van der Waals surface area (Å²) in [7, 11) is 0. The molecule has 0 aliphatic carbocycles. The predicted octanol–water partition coefficient (Wildman–Crippen LogP) is -1.24. The zero-order valence-corrected chi connectivity index (χ0v) is 6.99. The van der Waals surface area contributed by atoms with Gasteiger partial charge in [-0.3, -0.25) is 4.79 Å². The number of unbranched alkanes of at least 4 members (excludes halogenated alkanes) is 1. The molecule has 5 N–H and O–H groups in total. The van der Waals surface area contributed by atoms with E-state index in [0.29, 0.717) is 13.0 Å². The molecule has 0 aromatic heterocycles. The Bertz CT molecular complexity index is 130. The minimum Gasteiger partial charge on any atom is -0.480 e. The number of aliphatic carboxylic acids is 1. The lowest BCUT2D eigenvalue weighted by Gasteiger charge is -2.10. The van der Waals surface area contributed by atoms with Gasteiger partial charge in [-0.15, -0.1) is 0 Å². The van der Waals surface area contributed by atoms with Crippen LogP contribution in [-0.2, 0) is 4.79 Å². The second-order valence-electron chi connectivity index (χ2n) is 2.51. The van der Waals surface area contributed by atoms with Crippen LogP contribution in [-0.4, -0.2) is 41.9 Å². The molecular weight excluding hydrogens is 160 g/mol. The third-order valence-electron chi connectivity index (χ3n) is 1.51. The van der Waals surface area contributed by atoms with E-state index >= 15 is 0 Å². The maximum Gasteiger partial charge on any atom is 0.322 e. The van der Waals surface area contributed by atoms with Gasteiger partial charge in [0.05, 0.1) is 0 Å². The third kappa shape index (κ3) is 5.06. The number of nitrogens with one attached hydrogen (secondary N) is 1.